The van der Waals surface area contributed by atoms with Crippen molar-refractivity contribution >= 4 is 24.3 Å². The summed E-state index contributed by atoms with van der Waals surface area (Å²) in [6.45, 7) is 2.01. The highest BCUT2D eigenvalue weighted by Gasteiger charge is 2.15. The summed E-state index contributed by atoms with van der Waals surface area (Å²) in [6.07, 6.45) is 0.332. The van der Waals surface area contributed by atoms with Gasteiger partial charge in [-0.05, 0) is 31.0 Å². The van der Waals surface area contributed by atoms with Crippen molar-refractivity contribution in [2.24, 2.45) is 5.73 Å². The van der Waals surface area contributed by atoms with Crippen LogP contribution >= 0.6 is 12.4 Å². The van der Waals surface area contributed by atoms with Crippen molar-refractivity contribution < 1.29 is 19.4 Å². The monoisotopic (exact) mass is 273 g/mol. The molecule has 0 aliphatic heterocycles. The van der Waals surface area contributed by atoms with Gasteiger partial charge in [0, 0.05) is 0 Å². The van der Waals surface area contributed by atoms with Gasteiger partial charge in [-0.3, -0.25) is 4.79 Å². The Balaban J connectivity index is 0.00000289. The van der Waals surface area contributed by atoms with Gasteiger partial charge in [-0.1, -0.05) is 12.1 Å². The Morgan fingerprint density at radius 1 is 1.33 bits per heavy atom. The number of nitrogens with two attached hydrogens (primary N) is 1. The average molecular weight is 274 g/mol. The number of carbonyl (C=O) groups excluding carboxylic acids is 1. The molecule has 0 fully saturated rings. The van der Waals surface area contributed by atoms with Crippen LogP contribution in [0.4, 0.5) is 0 Å². The van der Waals surface area contributed by atoms with Gasteiger partial charge >= 0.3 is 11.9 Å². The van der Waals surface area contributed by atoms with Crippen LogP contribution in [0, 0.1) is 0 Å². The fourth-order valence-corrected chi connectivity index (χ4v) is 1.37. The van der Waals surface area contributed by atoms with Crippen LogP contribution in [-0.4, -0.2) is 29.7 Å². The smallest absolute Gasteiger partial charge is 0.335 e. The molecular formula is C12H16ClNO4. The molecule has 1 aromatic carbocycles. The molecule has 18 heavy (non-hydrogen) atoms. The number of rotatable bonds is 5. The lowest BCUT2D eigenvalue weighted by atomic mass is 10.0. The van der Waals surface area contributed by atoms with E-state index in [9.17, 15) is 9.59 Å². The van der Waals surface area contributed by atoms with Gasteiger partial charge in [0.15, 0.2) is 0 Å². The molecule has 3 N–H and O–H groups in total. The van der Waals surface area contributed by atoms with E-state index < -0.39 is 18.0 Å². The summed E-state index contributed by atoms with van der Waals surface area (Å²) in [7, 11) is 0. The first-order chi connectivity index (χ1) is 8.04. The largest absolute Gasteiger partial charge is 0.478 e. The van der Waals surface area contributed by atoms with Crippen LogP contribution in [0.5, 0.6) is 0 Å². The molecule has 0 saturated heterocycles. The van der Waals surface area contributed by atoms with Gasteiger partial charge in [-0.15, -0.1) is 12.4 Å². The van der Waals surface area contributed by atoms with Crippen molar-refractivity contribution in [2.75, 3.05) is 6.61 Å². The fraction of sp³-hybridized carbons (Fsp3) is 0.333. The summed E-state index contributed by atoms with van der Waals surface area (Å²) in [5, 5.41) is 8.72. The first-order valence-corrected chi connectivity index (χ1v) is 5.29. The van der Waals surface area contributed by atoms with Crippen LogP contribution in [0.3, 0.4) is 0 Å². The lowest BCUT2D eigenvalue weighted by Crippen LogP contribution is -2.34. The van der Waals surface area contributed by atoms with E-state index in [-0.39, 0.29) is 18.0 Å². The second-order valence-electron chi connectivity index (χ2n) is 3.56. The van der Waals surface area contributed by atoms with Gasteiger partial charge in [0.05, 0.1) is 12.2 Å². The normalized spacial score (nSPS) is 11.2. The Bertz CT molecular complexity index is 405. The Kier molecular flexibility index (Phi) is 7.00. The van der Waals surface area contributed by atoms with Crippen molar-refractivity contribution in [3.63, 3.8) is 0 Å². The lowest BCUT2D eigenvalue weighted by Gasteiger charge is -2.10. The molecule has 0 saturated carbocycles. The highest BCUT2D eigenvalue weighted by atomic mass is 35.5. The quantitative estimate of drug-likeness (QED) is 0.788. The molecule has 0 aromatic heterocycles. The van der Waals surface area contributed by atoms with Crippen molar-refractivity contribution in [3.8, 4) is 0 Å². The number of carboxylic acid groups (broad SMARTS) is 1. The Labute approximate surface area is 111 Å². The molecule has 0 amide bonds. The van der Waals surface area contributed by atoms with Crippen LogP contribution in [0.2, 0.25) is 0 Å². The van der Waals surface area contributed by atoms with E-state index in [1.807, 2.05) is 0 Å². The highest BCUT2D eigenvalue weighted by Crippen LogP contribution is 2.07. The molecule has 0 heterocycles. The predicted molar refractivity (Wildman–Crippen MR) is 69.0 cm³/mol. The Morgan fingerprint density at radius 3 is 2.33 bits per heavy atom. The van der Waals surface area contributed by atoms with Crippen LogP contribution < -0.4 is 5.73 Å². The summed E-state index contributed by atoms with van der Waals surface area (Å²) >= 11 is 0. The third-order valence-corrected chi connectivity index (χ3v) is 2.25. The zero-order valence-electron chi connectivity index (χ0n) is 9.96. The standard InChI is InChI=1S/C12H15NO4.ClH/c1-2-17-12(16)10(13)7-8-3-5-9(6-4-8)11(14)15;/h3-6,10H,2,7,13H2,1H3,(H,14,15);1H. The van der Waals surface area contributed by atoms with E-state index >= 15 is 0 Å². The molecule has 1 unspecified atom stereocenters. The maximum atomic E-state index is 11.3. The van der Waals surface area contributed by atoms with Crippen molar-refractivity contribution in [3.05, 3.63) is 35.4 Å². The van der Waals surface area contributed by atoms with Gasteiger partial charge in [0.2, 0.25) is 0 Å². The predicted octanol–water partition coefficient (Wildman–Crippen LogP) is 1.24. The summed E-state index contributed by atoms with van der Waals surface area (Å²) in [4.78, 5) is 21.9. The number of carbonyl (C=O) groups is 2. The van der Waals surface area contributed by atoms with Gasteiger partial charge in [0.1, 0.15) is 6.04 Å². The van der Waals surface area contributed by atoms with E-state index in [1.54, 1.807) is 19.1 Å². The fourth-order valence-electron chi connectivity index (χ4n) is 1.37. The number of aromatic carboxylic acids is 1. The zero-order chi connectivity index (χ0) is 12.8. The SMILES string of the molecule is CCOC(=O)C(N)Cc1ccc(C(=O)O)cc1.Cl. The van der Waals surface area contributed by atoms with Gasteiger partial charge in [-0.2, -0.15) is 0 Å². The number of benzene rings is 1. The molecule has 6 heteroatoms. The molecule has 1 rings (SSSR count). The van der Waals surface area contributed by atoms with Crippen LogP contribution in [-0.2, 0) is 16.0 Å². The van der Waals surface area contributed by atoms with E-state index in [4.69, 9.17) is 15.6 Å². The highest BCUT2D eigenvalue weighted by molar-refractivity contribution is 5.87. The molecule has 5 nitrogen and oxygen atoms in total. The second-order valence-corrected chi connectivity index (χ2v) is 3.56. The summed E-state index contributed by atoms with van der Waals surface area (Å²) in [5.41, 5.74) is 6.65. The summed E-state index contributed by atoms with van der Waals surface area (Å²) in [6, 6.07) is 5.53. The summed E-state index contributed by atoms with van der Waals surface area (Å²) in [5.74, 6) is -1.43. The molecule has 0 aliphatic rings. The van der Waals surface area contributed by atoms with Gasteiger partial charge in [-0.25, -0.2) is 4.79 Å². The number of esters is 1. The molecule has 1 atom stereocenters. The minimum absolute atomic E-state index is 0. The maximum Gasteiger partial charge on any atom is 0.335 e. The number of halogens is 1. The number of ether oxygens (including phenoxy) is 1. The van der Waals surface area contributed by atoms with Crippen LogP contribution in [0.15, 0.2) is 24.3 Å². The Hall–Kier alpha value is -1.59. The first kappa shape index (κ1) is 16.4. The second kappa shape index (κ2) is 7.68. The lowest BCUT2D eigenvalue weighted by molar-refractivity contribution is -0.144. The van der Waals surface area contributed by atoms with E-state index in [0.29, 0.717) is 13.0 Å². The van der Waals surface area contributed by atoms with E-state index in [0.717, 1.165) is 5.56 Å². The number of hydrogen-bond acceptors (Lipinski definition) is 4. The van der Waals surface area contributed by atoms with Crippen LogP contribution in [0.25, 0.3) is 0 Å². The third-order valence-electron chi connectivity index (χ3n) is 2.25. The first-order valence-electron chi connectivity index (χ1n) is 5.29. The number of hydrogen-bond donors (Lipinski definition) is 2. The molecule has 0 aliphatic carbocycles. The topological polar surface area (TPSA) is 89.6 Å². The molecule has 0 radical (unpaired) electrons. The molecule has 0 bridgehead atoms. The van der Waals surface area contributed by atoms with E-state index in [1.165, 1.54) is 12.1 Å². The number of carboxylic acids is 1. The van der Waals surface area contributed by atoms with E-state index in [2.05, 4.69) is 0 Å². The van der Waals surface area contributed by atoms with Gasteiger partial charge < -0.3 is 15.6 Å². The van der Waals surface area contributed by atoms with Crippen LogP contribution in [0.1, 0.15) is 22.8 Å². The minimum atomic E-state index is -0.980. The summed E-state index contributed by atoms with van der Waals surface area (Å²) < 4.78 is 4.78. The van der Waals surface area contributed by atoms with Crippen molar-refractivity contribution in [2.45, 2.75) is 19.4 Å². The molecule has 0 spiro atoms. The third kappa shape index (κ3) is 4.73. The van der Waals surface area contributed by atoms with Crippen molar-refractivity contribution in [1.82, 2.24) is 0 Å². The molecular weight excluding hydrogens is 258 g/mol. The zero-order valence-corrected chi connectivity index (χ0v) is 10.8. The minimum Gasteiger partial charge on any atom is -0.478 e. The van der Waals surface area contributed by atoms with Crippen molar-refractivity contribution in [1.29, 1.82) is 0 Å². The Morgan fingerprint density at radius 2 is 1.89 bits per heavy atom. The average Bonchev–Trinajstić information content (AvgIpc) is 2.30. The molecule has 1 aromatic rings. The maximum absolute atomic E-state index is 11.3. The van der Waals surface area contributed by atoms with Gasteiger partial charge in [0.25, 0.3) is 0 Å². The molecule has 100 valence electrons.